The molecule has 0 N–H and O–H groups in total. The normalized spacial score (nSPS) is 11.5. The third-order valence-corrected chi connectivity index (χ3v) is 2.66. The molecule has 4 nitrogen and oxygen atoms in total. The van der Waals surface area contributed by atoms with Gasteiger partial charge in [-0.15, -0.1) is 0 Å². The van der Waals surface area contributed by atoms with E-state index in [4.69, 9.17) is 14.7 Å². The van der Waals surface area contributed by atoms with Gasteiger partial charge in [-0.05, 0) is 30.3 Å². The molecular weight excluding hydrogens is 254 g/mol. The molecule has 4 heteroatoms. The first-order valence-electron chi connectivity index (χ1n) is 6.29. The summed E-state index contributed by atoms with van der Waals surface area (Å²) in [4.78, 5) is 12.0. The van der Waals surface area contributed by atoms with E-state index in [2.05, 4.69) is 0 Å². The molecule has 0 saturated heterocycles. The van der Waals surface area contributed by atoms with E-state index >= 15 is 0 Å². The SMILES string of the molecule is COCOCC(C)(C)C=CC(=O)c1ccc(C#N)cc1. The number of allylic oxidation sites excluding steroid dienone is 1. The molecule has 0 aliphatic heterocycles. The first-order valence-corrected chi connectivity index (χ1v) is 6.29. The van der Waals surface area contributed by atoms with Gasteiger partial charge in [0.15, 0.2) is 5.78 Å². The van der Waals surface area contributed by atoms with Crippen molar-refractivity contribution in [3.8, 4) is 6.07 Å². The lowest BCUT2D eigenvalue weighted by Crippen LogP contribution is -2.17. The van der Waals surface area contributed by atoms with Crippen LogP contribution in [0.25, 0.3) is 0 Å². The lowest BCUT2D eigenvalue weighted by atomic mass is 9.93. The van der Waals surface area contributed by atoms with Crippen LogP contribution < -0.4 is 0 Å². The highest BCUT2D eigenvalue weighted by molar-refractivity contribution is 6.04. The second-order valence-electron chi connectivity index (χ2n) is 5.13. The van der Waals surface area contributed by atoms with Gasteiger partial charge in [-0.25, -0.2) is 0 Å². The number of nitrogens with zero attached hydrogens (tertiary/aromatic N) is 1. The zero-order valence-electron chi connectivity index (χ0n) is 12.1. The lowest BCUT2D eigenvalue weighted by molar-refractivity contribution is -0.0499. The van der Waals surface area contributed by atoms with E-state index in [0.717, 1.165) is 0 Å². The Hall–Kier alpha value is -1.96. The summed E-state index contributed by atoms with van der Waals surface area (Å²) in [7, 11) is 1.57. The minimum atomic E-state index is -0.249. The fourth-order valence-electron chi connectivity index (χ4n) is 1.54. The fraction of sp³-hybridized carbons (Fsp3) is 0.375. The Bertz CT molecular complexity index is 510. The van der Waals surface area contributed by atoms with E-state index < -0.39 is 0 Å². The van der Waals surface area contributed by atoms with Gasteiger partial charge < -0.3 is 9.47 Å². The Morgan fingerprint density at radius 2 is 2.00 bits per heavy atom. The topological polar surface area (TPSA) is 59.3 Å². The number of carbonyl (C=O) groups excluding carboxylic acids is 1. The van der Waals surface area contributed by atoms with Crippen molar-refractivity contribution in [3.63, 3.8) is 0 Å². The summed E-state index contributed by atoms with van der Waals surface area (Å²) in [6, 6.07) is 8.59. The maximum Gasteiger partial charge on any atom is 0.185 e. The molecule has 1 aromatic rings. The van der Waals surface area contributed by atoms with Crippen molar-refractivity contribution in [1.82, 2.24) is 0 Å². The van der Waals surface area contributed by atoms with Crippen LogP contribution in [0.5, 0.6) is 0 Å². The molecule has 20 heavy (non-hydrogen) atoms. The standard InChI is InChI=1S/C16H19NO3/c1-16(2,11-20-12-19-3)9-8-15(18)14-6-4-13(10-17)5-7-14/h4-9H,11-12H2,1-3H3. The molecule has 1 rings (SSSR count). The summed E-state index contributed by atoms with van der Waals surface area (Å²) in [5, 5.41) is 8.71. The van der Waals surface area contributed by atoms with Crippen LogP contribution in [0.2, 0.25) is 0 Å². The number of benzene rings is 1. The van der Waals surface area contributed by atoms with Crippen molar-refractivity contribution in [2.24, 2.45) is 5.41 Å². The van der Waals surface area contributed by atoms with Crippen LogP contribution in [-0.4, -0.2) is 26.3 Å². The van der Waals surface area contributed by atoms with Crippen molar-refractivity contribution in [1.29, 1.82) is 5.26 Å². The second-order valence-corrected chi connectivity index (χ2v) is 5.13. The number of methoxy groups -OCH3 is 1. The highest BCUT2D eigenvalue weighted by Crippen LogP contribution is 2.18. The molecule has 0 aromatic heterocycles. The number of carbonyl (C=O) groups is 1. The Balaban J connectivity index is 2.64. The number of nitriles is 1. The average Bonchev–Trinajstić information content (AvgIpc) is 2.45. The molecule has 1 aromatic carbocycles. The number of hydrogen-bond acceptors (Lipinski definition) is 4. The Labute approximate surface area is 119 Å². The highest BCUT2D eigenvalue weighted by atomic mass is 16.7. The van der Waals surface area contributed by atoms with Crippen molar-refractivity contribution in [2.75, 3.05) is 20.5 Å². The van der Waals surface area contributed by atoms with Gasteiger partial charge in [0, 0.05) is 18.1 Å². The van der Waals surface area contributed by atoms with Gasteiger partial charge in [-0.2, -0.15) is 5.26 Å². The Morgan fingerprint density at radius 1 is 1.35 bits per heavy atom. The molecule has 0 saturated carbocycles. The zero-order valence-corrected chi connectivity index (χ0v) is 12.1. The molecule has 0 aliphatic rings. The number of ether oxygens (including phenoxy) is 2. The van der Waals surface area contributed by atoms with Gasteiger partial charge in [0.05, 0.1) is 18.2 Å². The maximum atomic E-state index is 12.0. The van der Waals surface area contributed by atoms with E-state index in [1.54, 1.807) is 31.4 Å². The van der Waals surface area contributed by atoms with E-state index in [0.29, 0.717) is 17.7 Å². The first-order chi connectivity index (χ1) is 9.48. The van der Waals surface area contributed by atoms with Crippen LogP contribution in [-0.2, 0) is 9.47 Å². The molecule has 0 aliphatic carbocycles. The summed E-state index contributed by atoms with van der Waals surface area (Å²) >= 11 is 0. The van der Waals surface area contributed by atoms with Crippen LogP contribution in [0.1, 0.15) is 29.8 Å². The number of rotatable bonds is 7. The molecule has 0 radical (unpaired) electrons. The van der Waals surface area contributed by atoms with Crippen LogP contribution in [0, 0.1) is 16.7 Å². The highest BCUT2D eigenvalue weighted by Gasteiger charge is 2.15. The molecular formula is C16H19NO3. The fourth-order valence-corrected chi connectivity index (χ4v) is 1.54. The third-order valence-electron chi connectivity index (χ3n) is 2.66. The van der Waals surface area contributed by atoms with Gasteiger partial charge in [-0.3, -0.25) is 4.79 Å². The van der Waals surface area contributed by atoms with E-state index in [9.17, 15) is 4.79 Å². The first kappa shape index (κ1) is 16.1. The summed E-state index contributed by atoms with van der Waals surface area (Å²) in [5.41, 5.74) is 0.855. The summed E-state index contributed by atoms with van der Waals surface area (Å²) in [5.74, 6) is -0.0886. The largest absolute Gasteiger partial charge is 0.359 e. The minimum Gasteiger partial charge on any atom is -0.359 e. The predicted molar refractivity (Wildman–Crippen MR) is 76.2 cm³/mol. The van der Waals surface area contributed by atoms with Crippen molar-refractivity contribution in [3.05, 3.63) is 47.5 Å². The Kier molecular flexibility index (Phi) is 6.10. The van der Waals surface area contributed by atoms with E-state index in [1.165, 1.54) is 6.08 Å². The molecule has 0 spiro atoms. The van der Waals surface area contributed by atoms with E-state index in [1.807, 2.05) is 26.0 Å². The molecule has 0 unspecified atom stereocenters. The molecule has 0 atom stereocenters. The number of ketones is 1. The zero-order chi connectivity index (χ0) is 15.0. The molecule has 0 bridgehead atoms. The van der Waals surface area contributed by atoms with Crippen molar-refractivity contribution in [2.45, 2.75) is 13.8 Å². The minimum absolute atomic E-state index is 0.0886. The van der Waals surface area contributed by atoms with Gasteiger partial charge >= 0.3 is 0 Å². The molecule has 106 valence electrons. The smallest absolute Gasteiger partial charge is 0.185 e. The van der Waals surface area contributed by atoms with Crippen molar-refractivity contribution >= 4 is 5.78 Å². The predicted octanol–water partition coefficient (Wildman–Crippen LogP) is 2.94. The maximum absolute atomic E-state index is 12.0. The quantitative estimate of drug-likeness (QED) is 0.332. The molecule has 0 amide bonds. The number of hydrogen-bond donors (Lipinski definition) is 0. The summed E-state index contributed by atoms with van der Waals surface area (Å²) < 4.78 is 10.1. The van der Waals surface area contributed by atoms with Crippen LogP contribution >= 0.6 is 0 Å². The lowest BCUT2D eigenvalue weighted by Gasteiger charge is -2.19. The summed E-state index contributed by atoms with van der Waals surface area (Å²) in [6.45, 7) is 4.66. The van der Waals surface area contributed by atoms with Crippen LogP contribution in [0.4, 0.5) is 0 Å². The van der Waals surface area contributed by atoms with Crippen LogP contribution in [0.3, 0.4) is 0 Å². The van der Waals surface area contributed by atoms with E-state index in [-0.39, 0.29) is 18.0 Å². The average molecular weight is 273 g/mol. The van der Waals surface area contributed by atoms with Gasteiger partial charge in [0.1, 0.15) is 6.79 Å². The second kappa shape index (κ2) is 7.59. The van der Waals surface area contributed by atoms with Gasteiger partial charge in [-0.1, -0.05) is 19.9 Å². The summed E-state index contributed by atoms with van der Waals surface area (Å²) in [6.07, 6.45) is 3.36. The third kappa shape index (κ3) is 5.35. The van der Waals surface area contributed by atoms with Gasteiger partial charge in [0.25, 0.3) is 0 Å². The Morgan fingerprint density at radius 3 is 2.55 bits per heavy atom. The van der Waals surface area contributed by atoms with Crippen molar-refractivity contribution < 1.29 is 14.3 Å². The monoisotopic (exact) mass is 273 g/mol. The molecule has 0 heterocycles. The van der Waals surface area contributed by atoms with Crippen LogP contribution in [0.15, 0.2) is 36.4 Å². The molecule has 0 fully saturated rings. The van der Waals surface area contributed by atoms with Gasteiger partial charge in [0.2, 0.25) is 0 Å².